The van der Waals surface area contributed by atoms with Gasteiger partial charge >= 0.3 is 0 Å². The first-order valence-corrected chi connectivity index (χ1v) is 6.37. The molecule has 0 bridgehead atoms. The van der Waals surface area contributed by atoms with Gasteiger partial charge < -0.3 is 9.84 Å². The molecule has 0 saturated heterocycles. The second-order valence-electron chi connectivity index (χ2n) is 4.57. The van der Waals surface area contributed by atoms with Gasteiger partial charge in [0.15, 0.2) is 0 Å². The predicted octanol–water partition coefficient (Wildman–Crippen LogP) is 2.16. The van der Waals surface area contributed by atoms with Crippen molar-refractivity contribution in [3.8, 4) is 23.0 Å². The smallest absolute Gasteiger partial charge is 0.258 e. The minimum atomic E-state index is 0.468. The van der Waals surface area contributed by atoms with Crippen molar-refractivity contribution in [3.63, 3.8) is 0 Å². The minimum absolute atomic E-state index is 0.468. The van der Waals surface area contributed by atoms with Gasteiger partial charge in [0.1, 0.15) is 12.0 Å². The van der Waals surface area contributed by atoms with Crippen molar-refractivity contribution in [3.05, 3.63) is 42.4 Å². The Kier molecular flexibility index (Phi) is 2.45. The van der Waals surface area contributed by atoms with Crippen molar-refractivity contribution in [2.75, 3.05) is 11.9 Å². The van der Waals surface area contributed by atoms with Gasteiger partial charge in [0.2, 0.25) is 5.82 Å². The van der Waals surface area contributed by atoms with Crippen molar-refractivity contribution in [2.45, 2.75) is 6.42 Å². The van der Waals surface area contributed by atoms with E-state index in [1.807, 2.05) is 12.1 Å². The van der Waals surface area contributed by atoms with Crippen molar-refractivity contribution < 1.29 is 4.52 Å². The number of aromatic nitrogens is 4. The highest BCUT2D eigenvalue weighted by molar-refractivity contribution is 5.67. The Labute approximate surface area is 114 Å². The first-order chi connectivity index (χ1) is 9.90. The van der Waals surface area contributed by atoms with Crippen LogP contribution < -0.4 is 5.32 Å². The molecule has 0 spiro atoms. The van der Waals surface area contributed by atoms with E-state index in [1.54, 1.807) is 12.3 Å². The van der Waals surface area contributed by atoms with E-state index < -0.39 is 0 Å². The Morgan fingerprint density at radius 3 is 3.10 bits per heavy atom. The fraction of sp³-hybridized carbons (Fsp3) is 0.143. The zero-order valence-electron chi connectivity index (χ0n) is 10.6. The molecule has 6 nitrogen and oxygen atoms in total. The summed E-state index contributed by atoms with van der Waals surface area (Å²) in [5.74, 6) is 0.964. The number of nitrogens with one attached hydrogen (secondary N) is 1. The fourth-order valence-electron chi connectivity index (χ4n) is 2.29. The molecule has 1 aliphatic heterocycles. The molecule has 1 aliphatic rings. The van der Waals surface area contributed by atoms with Crippen molar-refractivity contribution in [2.24, 2.45) is 0 Å². The third kappa shape index (κ3) is 1.82. The third-order valence-electron chi connectivity index (χ3n) is 3.30. The van der Waals surface area contributed by atoms with Crippen LogP contribution in [-0.2, 0) is 6.42 Å². The average Bonchev–Trinajstić information content (AvgIpc) is 3.16. The van der Waals surface area contributed by atoms with Crippen LogP contribution in [0.4, 0.5) is 5.69 Å². The Bertz CT molecular complexity index is 753. The molecule has 2 aromatic heterocycles. The van der Waals surface area contributed by atoms with E-state index in [-0.39, 0.29) is 0 Å². The molecule has 0 amide bonds. The molecule has 98 valence electrons. The summed E-state index contributed by atoms with van der Waals surface area (Å²) >= 11 is 0. The zero-order chi connectivity index (χ0) is 13.4. The highest BCUT2D eigenvalue weighted by atomic mass is 16.5. The number of hydrogen-bond acceptors (Lipinski definition) is 6. The highest BCUT2D eigenvalue weighted by Gasteiger charge is 2.15. The summed E-state index contributed by atoms with van der Waals surface area (Å²) in [7, 11) is 0. The molecule has 20 heavy (non-hydrogen) atoms. The average molecular weight is 265 g/mol. The van der Waals surface area contributed by atoms with Crippen LogP contribution in [0.5, 0.6) is 0 Å². The lowest BCUT2D eigenvalue weighted by Gasteiger charge is -2.00. The summed E-state index contributed by atoms with van der Waals surface area (Å²) in [6, 6.07) is 7.89. The maximum Gasteiger partial charge on any atom is 0.258 e. The molecular formula is C14H11N5O. The lowest BCUT2D eigenvalue weighted by molar-refractivity contribution is 0.432. The molecule has 1 N–H and O–H groups in total. The molecule has 0 unspecified atom stereocenters. The summed E-state index contributed by atoms with van der Waals surface area (Å²) in [4.78, 5) is 12.4. The van der Waals surface area contributed by atoms with Crippen LogP contribution in [0.1, 0.15) is 5.56 Å². The van der Waals surface area contributed by atoms with E-state index >= 15 is 0 Å². The minimum Gasteiger partial charge on any atom is -0.384 e. The van der Waals surface area contributed by atoms with Gasteiger partial charge in [-0.1, -0.05) is 11.2 Å². The van der Waals surface area contributed by atoms with Crippen LogP contribution in [-0.4, -0.2) is 26.7 Å². The molecule has 1 aromatic carbocycles. The fourth-order valence-corrected chi connectivity index (χ4v) is 2.29. The Morgan fingerprint density at radius 2 is 2.20 bits per heavy atom. The quantitative estimate of drug-likeness (QED) is 0.765. The molecule has 0 fully saturated rings. The van der Waals surface area contributed by atoms with Gasteiger partial charge in [-0.25, -0.2) is 9.97 Å². The molecule has 0 saturated carbocycles. The second-order valence-corrected chi connectivity index (χ2v) is 4.57. The van der Waals surface area contributed by atoms with Crippen LogP contribution in [0.15, 0.2) is 41.3 Å². The normalized spacial score (nSPS) is 13.0. The van der Waals surface area contributed by atoms with Crippen molar-refractivity contribution in [1.29, 1.82) is 0 Å². The SMILES string of the molecule is c1cc(-c2noc(-c3ccc4c(c3)NCC4)n2)ncn1. The molecular weight excluding hydrogens is 254 g/mol. The molecule has 0 atom stereocenters. The lowest BCUT2D eigenvalue weighted by Crippen LogP contribution is -1.91. The van der Waals surface area contributed by atoms with Crippen molar-refractivity contribution >= 4 is 5.69 Å². The molecule has 0 aliphatic carbocycles. The van der Waals surface area contributed by atoms with E-state index in [1.165, 1.54) is 11.9 Å². The van der Waals surface area contributed by atoms with E-state index in [4.69, 9.17) is 4.52 Å². The largest absolute Gasteiger partial charge is 0.384 e. The van der Waals surface area contributed by atoms with Crippen LogP contribution in [0.2, 0.25) is 0 Å². The molecule has 0 radical (unpaired) electrons. The van der Waals surface area contributed by atoms with Crippen LogP contribution in [0.25, 0.3) is 23.0 Å². The van der Waals surface area contributed by atoms with Crippen molar-refractivity contribution in [1.82, 2.24) is 20.1 Å². The number of benzene rings is 1. The van der Waals surface area contributed by atoms with Gasteiger partial charge in [0, 0.05) is 24.0 Å². The number of nitrogens with zero attached hydrogens (tertiary/aromatic N) is 4. The summed E-state index contributed by atoms with van der Waals surface area (Å²) in [5.41, 5.74) is 4.02. The lowest BCUT2D eigenvalue weighted by atomic mass is 10.1. The van der Waals surface area contributed by atoms with Crippen LogP contribution in [0, 0.1) is 0 Å². The van der Waals surface area contributed by atoms with Gasteiger partial charge in [-0.2, -0.15) is 4.98 Å². The first-order valence-electron chi connectivity index (χ1n) is 6.37. The van der Waals surface area contributed by atoms with Crippen LogP contribution >= 0.6 is 0 Å². The van der Waals surface area contributed by atoms with Gasteiger partial charge in [-0.15, -0.1) is 0 Å². The van der Waals surface area contributed by atoms with Gasteiger partial charge in [0.25, 0.3) is 5.89 Å². The number of fused-ring (bicyclic) bond motifs is 1. The highest BCUT2D eigenvalue weighted by Crippen LogP contribution is 2.28. The number of hydrogen-bond donors (Lipinski definition) is 1. The van der Waals surface area contributed by atoms with E-state index in [2.05, 4.69) is 31.5 Å². The maximum atomic E-state index is 5.32. The molecule has 3 aromatic rings. The standard InChI is InChI=1S/C14H11N5O/c1-2-10(7-12-9(1)3-6-16-12)14-18-13(19-20-14)11-4-5-15-8-17-11/h1-2,4-5,7-8,16H,3,6H2. The number of rotatable bonds is 2. The molecule has 4 rings (SSSR count). The van der Waals surface area contributed by atoms with Crippen LogP contribution in [0.3, 0.4) is 0 Å². The summed E-state index contributed by atoms with van der Waals surface area (Å²) in [6.07, 6.45) is 4.17. The Morgan fingerprint density at radius 1 is 1.20 bits per heavy atom. The predicted molar refractivity (Wildman–Crippen MR) is 73.0 cm³/mol. The molecule has 3 heterocycles. The Hall–Kier alpha value is -2.76. The van der Waals surface area contributed by atoms with E-state index in [0.29, 0.717) is 17.4 Å². The third-order valence-corrected chi connectivity index (χ3v) is 3.30. The van der Waals surface area contributed by atoms with E-state index in [0.717, 1.165) is 24.2 Å². The maximum absolute atomic E-state index is 5.32. The summed E-state index contributed by atoms with van der Waals surface area (Å²) < 4.78 is 5.32. The summed E-state index contributed by atoms with van der Waals surface area (Å²) in [5, 5.41) is 7.30. The topological polar surface area (TPSA) is 76.7 Å². The molecule has 6 heteroatoms. The van der Waals surface area contributed by atoms with E-state index in [9.17, 15) is 0 Å². The number of anilines is 1. The monoisotopic (exact) mass is 265 g/mol. The second kappa shape index (κ2) is 4.41. The van der Waals surface area contributed by atoms with Gasteiger partial charge in [-0.05, 0) is 30.2 Å². The van der Waals surface area contributed by atoms with Gasteiger partial charge in [-0.3, -0.25) is 0 Å². The summed E-state index contributed by atoms with van der Waals surface area (Å²) in [6.45, 7) is 0.981. The Balaban J connectivity index is 1.72. The zero-order valence-corrected chi connectivity index (χ0v) is 10.6. The first kappa shape index (κ1) is 11.1. The van der Waals surface area contributed by atoms with Gasteiger partial charge in [0.05, 0.1) is 0 Å².